The second-order valence-electron chi connectivity index (χ2n) is 3.87. The van der Waals surface area contributed by atoms with Gasteiger partial charge in [0.1, 0.15) is 6.07 Å². The van der Waals surface area contributed by atoms with Gasteiger partial charge in [0, 0.05) is 12.8 Å². The van der Waals surface area contributed by atoms with Gasteiger partial charge in [-0.25, -0.2) is 0 Å². The Kier molecular flexibility index (Phi) is 4.54. The topological polar surface area (TPSA) is 60.1 Å². The number of nitrogens with zero attached hydrogens (tertiary/aromatic N) is 3. The summed E-state index contributed by atoms with van der Waals surface area (Å²) in [5, 5.41) is 12.9. The molecule has 1 atom stereocenters. The van der Waals surface area contributed by atoms with E-state index in [1.807, 2.05) is 6.07 Å². The van der Waals surface area contributed by atoms with Crippen molar-refractivity contribution in [1.82, 2.24) is 9.78 Å². The molecule has 1 unspecified atom stereocenters. The highest BCUT2D eigenvalue weighted by Gasteiger charge is 2.13. The monoisotopic (exact) mass is 299 g/mol. The molecule has 0 radical (unpaired) electrons. The number of ether oxygens (including phenoxy) is 2. The lowest BCUT2D eigenvalue weighted by Crippen LogP contribution is -2.24. The molecular formula is C11H14BrN3O2. The van der Waals surface area contributed by atoms with Crippen molar-refractivity contribution in [2.45, 2.75) is 32.1 Å². The Hall–Kier alpha value is -0.900. The van der Waals surface area contributed by atoms with Crippen LogP contribution in [0.2, 0.25) is 0 Å². The largest absolute Gasteiger partial charge is 0.353 e. The fraction of sp³-hybridized carbons (Fsp3) is 0.636. The average molecular weight is 300 g/mol. The predicted molar refractivity (Wildman–Crippen MR) is 64.2 cm³/mol. The summed E-state index contributed by atoms with van der Waals surface area (Å²) in [6, 6.07) is 2.01. The van der Waals surface area contributed by atoms with Gasteiger partial charge in [-0.2, -0.15) is 10.4 Å². The fourth-order valence-corrected chi connectivity index (χ4v) is 2.11. The molecule has 6 heteroatoms. The third kappa shape index (κ3) is 3.53. The molecule has 0 saturated carbocycles. The highest BCUT2D eigenvalue weighted by Crippen LogP contribution is 2.15. The van der Waals surface area contributed by atoms with E-state index in [2.05, 4.69) is 21.0 Å². The van der Waals surface area contributed by atoms with Crippen LogP contribution in [0.25, 0.3) is 0 Å². The van der Waals surface area contributed by atoms with E-state index >= 15 is 0 Å². The molecule has 1 aliphatic heterocycles. The third-order valence-electron chi connectivity index (χ3n) is 2.58. The van der Waals surface area contributed by atoms with Gasteiger partial charge in [-0.05, 0) is 35.2 Å². The number of hydrogen-bond acceptors (Lipinski definition) is 4. The normalized spacial score (nSPS) is 20.1. The van der Waals surface area contributed by atoms with E-state index in [9.17, 15) is 0 Å². The minimum Gasteiger partial charge on any atom is -0.353 e. The maximum absolute atomic E-state index is 8.75. The molecule has 1 fully saturated rings. The number of aromatic nitrogens is 2. The minimum absolute atomic E-state index is 0.0711. The molecule has 1 saturated heterocycles. The second-order valence-corrected chi connectivity index (χ2v) is 4.72. The average Bonchev–Trinajstić information content (AvgIpc) is 2.71. The van der Waals surface area contributed by atoms with Crippen molar-refractivity contribution in [1.29, 1.82) is 5.26 Å². The molecule has 0 N–H and O–H groups in total. The summed E-state index contributed by atoms with van der Waals surface area (Å²) in [6.07, 6.45) is 4.96. The minimum atomic E-state index is -0.0711. The van der Waals surface area contributed by atoms with Crippen LogP contribution in [0, 0.1) is 11.3 Å². The van der Waals surface area contributed by atoms with Gasteiger partial charge in [0.15, 0.2) is 12.0 Å². The van der Waals surface area contributed by atoms with Gasteiger partial charge in [0.25, 0.3) is 0 Å². The Labute approximate surface area is 108 Å². The molecule has 2 rings (SSSR count). The van der Waals surface area contributed by atoms with Gasteiger partial charge in [-0.3, -0.25) is 4.68 Å². The molecule has 1 aromatic rings. The molecule has 1 aliphatic rings. The van der Waals surface area contributed by atoms with Gasteiger partial charge in [-0.15, -0.1) is 0 Å². The number of rotatable bonds is 4. The summed E-state index contributed by atoms with van der Waals surface area (Å²) in [4.78, 5) is 0. The summed E-state index contributed by atoms with van der Waals surface area (Å²) in [5.41, 5.74) is 0.402. The van der Waals surface area contributed by atoms with Crippen molar-refractivity contribution in [3.05, 3.63) is 16.4 Å². The lowest BCUT2D eigenvalue weighted by atomic mass is 10.2. The highest BCUT2D eigenvalue weighted by molar-refractivity contribution is 9.10. The molecule has 5 nitrogen and oxygen atoms in total. The summed E-state index contributed by atoms with van der Waals surface area (Å²) in [6.45, 7) is 1.96. The summed E-state index contributed by atoms with van der Waals surface area (Å²) < 4.78 is 13.5. The van der Waals surface area contributed by atoms with Crippen molar-refractivity contribution in [2.75, 3.05) is 13.2 Å². The Bertz CT molecular complexity index is 407. The van der Waals surface area contributed by atoms with Crippen LogP contribution in [-0.2, 0) is 16.0 Å². The first-order valence-corrected chi connectivity index (χ1v) is 6.45. The Morgan fingerprint density at radius 1 is 1.65 bits per heavy atom. The molecule has 0 aromatic carbocycles. The van der Waals surface area contributed by atoms with Gasteiger partial charge in [-0.1, -0.05) is 0 Å². The molecule has 0 aliphatic carbocycles. The van der Waals surface area contributed by atoms with Crippen LogP contribution >= 0.6 is 15.9 Å². The maximum Gasteiger partial charge on any atom is 0.176 e. The number of nitriles is 1. The van der Waals surface area contributed by atoms with Gasteiger partial charge >= 0.3 is 0 Å². The van der Waals surface area contributed by atoms with Crippen molar-refractivity contribution in [3.8, 4) is 6.07 Å². The second kappa shape index (κ2) is 6.15. The Morgan fingerprint density at radius 2 is 2.53 bits per heavy atom. The lowest BCUT2D eigenvalue weighted by Gasteiger charge is -2.22. The zero-order valence-electron chi connectivity index (χ0n) is 9.43. The van der Waals surface area contributed by atoms with Gasteiger partial charge < -0.3 is 9.47 Å². The lowest BCUT2D eigenvalue weighted by molar-refractivity contribution is -0.163. The summed E-state index contributed by atoms with van der Waals surface area (Å²) in [5.74, 6) is 0. The molecule has 92 valence electrons. The van der Waals surface area contributed by atoms with Crippen LogP contribution in [0.3, 0.4) is 0 Å². The molecule has 0 spiro atoms. The molecule has 1 aromatic heterocycles. The van der Waals surface area contributed by atoms with E-state index in [4.69, 9.17) is 14.7 Å². The zero-order chi connectivity index (χ0) is 12.1. The van der Waals surface area contributed by atoms with Crippen LogP contribution in [0.5, 0.6) is 0 Å². The fourth-order valence-electron chi connectivity index (χ4n) is 1.71. The molecule has 2 heterocycles. The summed E-state index contributed by atoms with van der Waals surface area (Å²) in [7, 11) is 0. The molecule has 17 heavy (non-hydrogen) atoms. The van der Waals surface area contributed by atoms with Gasteiger partial charge in [0.05, 0.1) is 17.6 Å². The quantitative estimate of drug-likeness (QED) is 0.854. The van der Waals surface area contributed by atoms with Crippen LogP contribution < -0.4 is 0 Å². The van der Waals surface area contributed by atoms with Crippen LogP contribution in [0.1, 0.15) is 25.0 Å². The van der Waals surface area contributed by atoms with E-state index in [0.29, 0.717) is 23.3 Å². The SMILES string of the molecule is N#Cc1nn(CCOC2CCCCO2)cc1Br. The smallest absolute Gasteiger partial charge is 0.176 e. The maximum atomic E-state index is 8.75. The Balaban J connectivity index is 1.75. The van der Waals surface area contributed by atoms with Crippen molar-refractivity contribution < 1.29 is 9.47 Å². The van der Waals surface area contributed by atoms with Crippen LogP contribution in [0.15, 0.2) is 10.7 Å². The van der Waals surface area contributed by atoms with E-state index in [1.54, 1.807) is 10.9 Å². The van der Waals surface area contributed by atoms with Crippen molar-refractivity contribution in [2.24, 2.45) is 0 Å². The van der Waals surface area contributed by atoms with Crippen molar-refractivity contribution in [3.63, 3.8) is 0 Å². The van der Waals surface area contributed by atoms with Crippen molar-refractivity contribution >= 4 is 15.9 Å². The Morgan fingerprint density at radius 3 is 3.18 bits per heavy atom. The van der Waals surface area contributed by atoms with E-state index in [1.165, 1.54) is 0 Å². The highest BCUT2D eigenvalue weighted by atomic mass is 79.9. The first-order chi connectivity index (χ1) is 8.29. The van der Waals surface area contributed by atoms with E-state index < -0.39 is 0 Å². The first-order valence-electron chi connectivity index (χ1n) is 5.66. The summed E-state index contributed by atoms with van der Waals surface area (Å²) >= 11 is 3.27. The number of halogens is 1. The van der Waals surface area contributed by atoms with Crippen LogP contribution in [-0.4, -0.2) is 29.3 Å². The molecule has 0 amide bonds. The molecular weight excluding hydrogens is 286 g/mol. The zero-order valence-corrected chi connectivity index (χ0v) is 11.0. The van der Waals surface area contributed by atoms with E-state index in [-0.39, 0.29) is 6.29 Å². The van der Waals surface area contributed by atoms with E-state index in [0.717, 1.165) is 25.9 Å². The standard InChI is InChI=1S/C11H14BrN3O2/c12-9-8-15(14-10(9)7-13)4-6-17-11-3-1-2-5-16-11/h8,11H,1-6H2. The van der Waals surface area contributed by atoms with Gasteiger partial charge in [0.2, 0.25) is 0 Å². The van der Waals surface area contributed by atoms with Crippen LogP contribution in [0.4, 0.5) is 0 Å². The third-order valence-corrected chi connectivity index (χ3v) is 3.17. The first kappa shape index (κ1) is 12.6. The molecule has 0 bridgehead atoms. The predicted octanol–water partition coefficient (Wildman–Crippen LogP) is 2.06. The number of hydrogen-bond donors (Lipinski definition) is 0.